The van der Waals surface area contributed by atoms with Crippen LogP contribution in [0.15, 0.2) is 0 Å². The van der Waals surface area contributed by atoms with Crippen LogP contribution in [0.25, 0.3) is 0 Å². The van der Waals surface area contributed by atoms with Crippen molar-refractivity contribution < 1.29 is 8.42 Å². The molecule has 1 unspecified atom stereocenters. The van der Waals surface area contributed by atoms with Gasteiger partial charge in [-0.2, -0.15) is 0 Å². The smallest absolute Gasteiger partial charge is 0.212 e. The molecule has 4 nitrogen and oxygen atoms in total. The van der Waals surface area contributed by atoms with Gasteiger partial charge in [-0.1, -0.05) is 13.8 Å². The maximum atomic E-state index is 11.1. The minimum atomic E-state index is -3.05. The van der Waals surface area contributed by atoms with Gasteiger partial charge < -0.3 is 5.32 Å². The molecule has 0 aliphatic carbocycles. The lowest BCUT2D eigenvalue weighted by Gasteiger charge is -2.11. The minimum Gasteiger partial charge on any atom is -0.313 e. The summed E-state index contributed by atoms with van der Waals surface area (Å²) in [5.74, 6) is 0.158. The van der Waals surface area contributed by atoms with Crippen molar-refractivity contribution in [2.45, 2.75) is 33.2 Å². The average molecular weight is 208 g/mol. The fourth-order valence-electron chi connectivity index (χ4n) is 0.876. The van der Waals surface area contributed by atoms with Crippen LogP contribution in [-0.4, -0.2) is 33.3 Å². The molecule has 1 atom stereocenters. The molecule has 0 bridgehead atoms. The van der Waals surface area contributed by atoms with E-state index in [-0.39, 0.29) is 5.75 Å². The zero-order valence-corrected chi connectivity index (χ0v) is 9.45. The predicted octanol–water partition coefficient (Wildman–Crippen LogP) is 0.314. The van der Waals surface area contributed by atoms with Crippen LogP contribution in [0.1, 0.15) is 27.2 Å². The van der Waals surface area contributed by atoms with Crippen molar-refractivity contribution in [1.82, 2.24) is 10.0 Å². The van der Waals surface area contributed by atoms with E-state index < -0.39 is 10.0 Å². The van der Waals surface area contributed by atoms with E-state index in [1.54, 1.807) is 6.92 Å². The first-order valence-corrected chi connectivity index (χ1v) is 6.37. The fraction of sp³-hybridized carbons (Fsp3) is 1.00. The molecule has 13 heavy (non-hydrogen) atoms. The Bertz CT molecular complexity index is 214. The van der Waals surface area contributed by atoms with Crippen LogP contribution in [0.3, 0.4) is 0 Å². The van der Waals surface area contributed by atoms with Crippen molar-refractivity contribution in [3.05, 3.63) is 0 Å². The van der Waals surface area contributed by atoms with Gasteiger partial charge in [0.05, 0.1) is 5.75 Å². The highest BCUT2D eigenvalue weighted by atomic mass is 32.2. The second kappa shape index (κ2) is 6.34. The van der Waals surface area contributed by atoms with Crippen LogP contribution in [0.2, 0.25) is 0 Å². The second-order valence-electron chi connectivity index (χ2n) is 3.08. The summed E-state index contributed by atoms with van der Waals surface area (Å²) in [6.07, 6.45) is 1.02. The Kier molecular flexibility index (Phi) is 6.28. The van der Waals surface area contributed by atoms with E-state index >= 15 is 0 Å². The summed E-state index contributed by atoms with van der Waals surface area (Å²) in [5, 5.41) is 3.13. The Hall–Kier alpha value is -0.130. The van der Waals surface area contributed by atoms with Gasteiger partial charge in [-0.15, -0.1) is 0 Å². The molecule has 2 N–H and O–H groups in total. The van der Waals surface area contributed by atoms with E-state index in [1.807, 2.05) is 6.92 Å². The molecule has 0 aliphatic heterocycles. The maximum Gasteiger partial charge on any atom is 0.212 e. The lowest BCUT2D eigenvalue weighted by atomic mass is 10.3. The van der Waals surface area contributed by atoms with Crippen molar-refractivity contribution in [2.75, 3.05) is 18.8 Å². The topological polar surface area (TPSA) is 58.2 Å². The molecule has 0 radical (unpaired) electrons. The van der Waals surface area contributed by atoms with Gasteiger partial charge in [0.1, 0.15) is 0 Å². The molecular weight excluding hydrogens is 188 g/mol. The van der Waals surface area contributed by atoms with Crippen molar-refractivity contribution in [3.63, 3.8) is 0 Å². The monoisotopic (exact) mass is 208 g/mol. The van der Waals surface area contributed by atoms with Gasteiger partial charge in [0.25, 0.3) is 0 Å². The third-order valence-electron chi connectivity index (χ3n) is 1.84. The molecule has 0 aliphatic rings. The summed E-state index contributed by atoms with van der Waals surface area (Å²) < 4.78 is 24.7. The number of sulfonamides is 1. The number of rotatable bonds is 7. The molecule has 0 rings (SSSR count). The first-order chi connectivity index (χ1) is 6.02. The Morgan fingerprint density at radius 2 is 1.92 bits per heavy atom. The zero-order chi connectivity index (χ0) is 10.3. The van der Waals surface area contributed by atoms with Crippen LogP contribution >= 0.6 is 0 Å². The molecule has 80 valence electrons. The van der Waals surface area contributed by atoms with Gasteiger partial charge in [0.2, 0.25) is 10.0 Å². The van der Waals surface area contributed by atoms with Crippen molar-refractivity contribution in [3.8, 4) is 0 Å². The van der Waals surface area contributed by atoms with Crippen LogP contribution in [0, 0.1) is 0 Å². The lowest BCUT2D eigenvalue weighted by molar-refractivity contribution is 0.541. The predicted molar refractivity (Wildman–Crippen MR) is 55.2 cm³/mol. The Balaban J connectivity index is 3.64. The third-order valence-corrected chi connectivity index (χ3v) is 3.31. The van der Waals surface area contributed by atoms with Gasteiger partial charge in [-0.3, -0.25) is 0 Å². The Morgan fingerprint density at radius 1 is 1.31 bits per heavy atom. The third kappa shape index (κ3) is 6.98. The summed E-state index contributed by atoms with van der Waals surface area (Å²) in [6.45, 7) is 6.87. The van der Waals surface area contributed by atoms with E-state index in [9.17, 15) is 8.42 Å². The van der Waals surface area contributed by atoms with Crippen molar-refractivity contribution >= 4 is 10.0 Å². The SMILES string of the molecule is CCNS(=O)(=O)CCNC(C)CC. The van der Waals surface area contributed by atoms with Gasteiger partial charge in [0, 0.05) is 19.1 Å². The quantitative estimate of drug-likeness (QED) is 0.633. The van der Waals surface area contributed by atoms with Crippen molar-refractivity contribution in [1.29, 1.82) is 0 Å². The molecule has 0 aromatic carbocycles. The summed E-state index contributed by atoms with van der Waals surface area (Å²) in [4.78, 5) is 0. The Morgan fingerprint density at radius 3 is 2.38 bits per heavy atom. The number of hydrogen-bond donors (Lipinski definition) is 2. The Labute approximate surface area is 81.2 Å². The van der Waals surface area contributed by atoms with Crippen LogP contribution in [-0.2, 0) is 10.0 Å². The van der Waals surface area contributed by atoms with E-state index in [1.165, 1.54) is 0 Å². The number of hydrogen-bond acceptors (Lipinski definition) is 3. The molecular formula is C8H20N2O2S. The largest absolute Gasteiger partial charge is 0.313 e. The van der Waals surface area contributed by atoms with Gasteiger partial charge in [0.15, 0.2) is 0 Å². The molecule has 0 spiro atoms. The van der Waals surface area contributed by atoms with Gasteiger partial charge in [-0.05, 0) is 13.3 Å². The van der Waals surface area contributed by atoms with Crippen molar-refractivity contribution in [2.24, 2.45) is 0 Å². The molecule has 0 heterocycles. The summed E-state index contributed by atoms with van der Waals surface area (Å²) in [7, 11) is -3.05. The standard InChI is InChI=1S/C8H20N2O2S/c1-4-8(3)9-6-7-13(11,12)10-5-2/h8-10H,4-7H2,1-3H3. The highest BCUT2D eigenvalue weighted by Gasteiger charge is 2.07. The molecule has 0 aromatic heterocycles. The van der Waals surface area contributed by atoms with E-state index in [0.717, 1.165) is 6.42 Å². The van der Waals surface area contributed by atoms with E-state index in [0.29, 0.717) is 19.1 Å². The molecule has 0 aromatic rings. The molecule has 5 heteroatoms. The molecule has 0 fully saturated rings. The summed E-state index contributed by atoms with van der Waals surface area (Å²) in [5.41, 5.74) is 0. The normalized spacial score (nSPS) is 14.4. The van der Waals surface area contributed by atoms with Crippen LogP contribution in [0.4, 0.5) is 0 Å². The lowest BCUT2D eigenvalue weighted by Crippen LogP contribution is -2.35. The molecule has 0 amide bonds. The maximum absolute atomic E-state index is 11.1. The summed E-state index contributed by atoms with van der Waals surface area (Å²) in [6, 6.07) is 0.386. The zero-order valence-electron chi connectivity index (χ0n) is 8.63. The molecule has 0 saturated carbocycles. The minimum absolute atomic E-state index is 0.158. The highest BCUT2D eigenvalue weighted by molar-refractivity contribution is 7.89. The van der Waals surface area contributed by atoms with E-state index in [4.69, 9.17) is 0 Å². The summed E-state index contributed by atoms with van der Waals surface area (Å²) >= 11 is 0. The second-order valence-corrected chi connectivity index (χ2v) is 5.01. The first-order valence-electron chi connectivity index (χ1n) is 4.72. The van der Waals surface area contributed by atoms with Gasteiger partial charge >= 0.3 is 0 Å². The number of nitrogens with one attached hydrogen (secondary N) is 2. The van der Waals surface area contributed by atoms with Crippen LogP contribution < -0.4 is 10.0 Å². The van der Waals surface area contributed by atoms with Crippen LogP contribution in [0.5, 0.6) is 0 Å². The van der Waals surface area contributed by atoms with E-state index in [2.05, 4.69) is 17.0 Å². The average Bonchev–Trinajstić information content (AvgIpc) is 2.03. The fourth-order valence-corrected chi connectivity index (χ4v) is 1.85. The highest BCUT2D eigenvalue weighted by Crippen LogP contribution is 1.88. The molecule has 0 saturated heterocycles. The van der Waals surface area contributed by atoms with Gasteiger partial charge in [-0.25, -0.2) is 13.1 Å². The first kappa shape index (κ1) is 12.9.